The van der Waals surface area contributed by atoms with Gasteiger partial charge in [0.25, 0.3) is 0 Å². The maximum atomic E-state index is 12.9. The van der Waals surface area contributed by atoms with E-state index in [2.05, 4.69) is 4.98 Å². The number of halogens is 1. The van der Waals surface area contributed by atoms with Crippen LogP contribution < -0.4 is 0 Å². The number of phenols is 1. The first-order valence-corrected chi connectivity index (χ1v) is 10.0. The van der Waals surface area contributed by atoms with Gasteiger partial charge in [0.1, 0.15) is 11.8 Å². The van der Waals surface area contributed by atoms with E-state index in [1.54, 1.807) is 17.0 Å². The third-order valence-corrected chi connectivity index (χ3v) is 5.91. The summed E-state index contributed by atoms with van der Waals surface area (Å²) in [7, 11) is 0. The minimum absolute atomic E-state index is 0.200. The Balaban J connectivity index is 1.58. The lowest BCUT2D eigenvalue weighted by molar-refractivity contribution is 0.0852. The quantitative estimate of drug-likeness (QED) is 0.653. The van der Waals surface area contributed by atoms with Gasteiger partial charge in [0, 0.05) is 28.2 Å². The van der Waals surface area contributed by atoms with Crippen LogP contribution in [0.5, 0.6) is 5.75 Å². The molecule has 28 heavy (non-hydrogen) atoms. The molecule has 1 atom stereocenters. The third-order valence-electron chi connectivity index (χ3n) is 5.67. The lowest BCUT2D eigenvalue weighted by Gasteiger charge is -2.35. The number of aromatic hydroxyl groups is 1. The number of amides is 1. The van der Waals surface area contributed by atoms with Crippen LogP contribution in [-0.4, -0.2) is 34.2 Å². The zero-order chi connectivity index (χ0) is 19.3. The van der Waals surface area contributed by atoms with Crippen LogP contribution in [0.4, 0.5) is 4.79 Å². The van der Waals surface area contributed by atoms with Crippen LogP contribution in [0.2, 0.25) is 5.02 Å². The van der Waals surface area contributed by atoms with E-state index in [-0.39, 0.29) is 17.9 Å². The van der Waals surface area contributed by atoms with E-state index in [0.29, 0.717) is 24.1 Å². The summed E-state index contributed by atoms with van der Waals surface area (Å²) in [6, 6.07) is 12.5. The fourth-order valence-electron chi connectivity index (χ4n) is 4.02. The highest BCUT2D eigenvalue weighted by Gasteiger charge is 2.36. The van der Waals surface area contributed by atoms with Gasteiger partial charge in [-0.2, -0.15) is 0 Å². The normalized spacial score (nSPS) is 18.9. The third kappa shape index (κ3) is 3.10. The molecule has 0 saturated heterocycles. The second-order valence-electron chi connectivity index (χ2n) is 7.66. The smallest absolute Gasteiger partial charge is 0.410 e. The standard InChI is InChI=1S/C22H21ClN2O3/c23-15-5-8-19-18(11-15)17-9-10-25(22(27)28-12-13-1-2-13)21(20(17)24-19)14-3-6-16(26)7-4-14/h3-8,11,13,21,24,26H,1-2,9-10,12H2/t21-/m0/s1. The Hall–Kier alpha value is -2.66. The molecule has 0 bridgehead atoms. The van der Waals surface area contributed by atoms with Gasteiger partial charge in [-0.3, -0.25) is 4.90 Å². The zero-order valence-corrected chi connectivity index (χ0v) is 16.1. The van der Waals surface area contributed by atoms with E-state index < -0.39 is 0 Å². The van der Waals surface area contributed by atoms with Crippen LogP contribution in [0.15, 0.2) is 42.5 Å². The minimum Gasteiger partial charge on any atom is -0.508 e. The molecule has 0 unspecified atom stereocenters. The van der Waals surface area contributed by atoms with Crippen molar-refractivity contribution < 1.29 is 14.6 Å². The molecular weight excluding hydrogens is 376 g/mol. The number of rotatable bonds is 3. The van der Waals surface area contributed by atoms with E-state index in [1.165, 1.54) is 5.56 Å². The summed E-state index contributed by atoms with van der Waals surface area (Å²) in [5, 5.41) is 11.5. The molecule has 1 aromatic heterocycles. The Morgan fingerprint density at radius 1 is 1.21 bits per heavy atom. The van der Waals surface area contributed by atoms with E-state index >= 15 is 0 Å². The predicted octanol–water partition coefficient (Wildman–Crippen LogP) is 5.02. The SMILES string of the molecule is O=C(OCC1CC1)N1CCc2c([nH]c3ccc(Cl)cc23)[C@@H]1c1ccc(O)cc1. The molecule has 0 spiro atoms. The van der Waals surface area contributed by atoms with Gasteiger partial charge >= 0.3 is 6.09 Å². The highest BCUT2D eigenvalue weighted by atomic mass is 35.5. The van der Waals surface area contributed by atoms with Gasteiger partial charge in [0.05, 0.1) is 6.61 Å². The van der Waals surface area contributed by atoms with Crippen molar-refractivity contribution in [1.29, 1.82) is 0 Å². The maximum absolute atomic E-state index is 12.9. The predicted molar refractivity (Wildman–Crippen MR) is 108 cm³/mol. The number of ether oxygens (including phenoxy) is 1. The summed E-state index contributed by atoms with van der Waals surface area (Å²) in [5.74, 6) is 0.720. The van der Waals surface area contributed by atoms with Gasteiger partial charge in [-0.15, -0.1) is 0 Å². The number of hydrogen-bond donors (Lipinski definition) is 2. The van der Waals surface area contributed by atoms with Crippen molar-refractivity contribution in [3.05, 3.63) is 64.3 Å². The fourth-order valence-corrected chi connectivity index (χ4v) is 4.19. The topological polar surface area (TPSA) is 65.6 Å². The molecule has 1 fully saturated rings. The van der Waals surface area contributed by atoms with Crippen LogP contribution in [0.25, 0.3) is 10.9 Å². The number of nitrogens with one attached hydrogen (secondary N) is 1. The number of H-pyrrole nitrogens is 1. The lowest BCUT2D eigenvalue weighted by Crippen LogP contribution is -2.41. The van der Waals surface area contributed by atoms with Crippen molar-refractivity contribution >= 4 is 28.6 Å². The summed E-state index contributed by atoms with van der Waals surface area (Å²) >= 11 is 6.22. The zero-order valence-electron chi connectivity index (χ0n) is 15.3. The summed E-state index contributed by atoms with van der Waals surface area (Å²) in [6.45, 7) is 1.06. The number of fused-ring (bicyclic) bond motifs is 3. The number of carbonyl (C=O) groups is 1. The van der Waals surface area contributed by atoms with Crippen LogP contribution >= 0.6 is 11.6 Å². The van der Waals surface area contributed by atoms with Gasteiger partial charge in [-0.25, -0.2) is 4.79 Å². The molecule has 1 aliphatic heterocycles. The lowest BCUT2D eigenvalue weighted by atomic mass is 9.92. The molecule has 2 N–H and O–H groups in total. The first-order valence-electron chi connectivity index (χ1n) is 9.62. The highest BCUT2D eigenvalue weighted by molar-refractivity contribution is 6.31. The molecule has 2 aromatic carbocycles. The van der Waals surface area contributed by atoms with Gasteiger partial charge in [0.2, 0.25) is 0 Å². The van der Waals surface area contributed by atoms with Crippen LogP contribution in [-0.2, 0) is 11.2 Å². The number of benzene rings is 2. The molecule has 2 heterocycles. The Labute approximate surface area is 167 Å². The van der Waals surface area contributed by atoms with Gasteiger partial charge < -0.3 is 14.8 Å². The number of carbonyl (C=O) groups excluding carboxylic acids is 1. The second kappa shape index (κ2) is 6.74. The molecule has 0 radical (unpaired) electrons. The maximum Gasteiger partial charge on any atom is 0.410 e. The number of aromatic amines is 1. The molecule has 5 rings (SSSR count). The first-order chi connectivity index (χ1) is 13.6. The van der Waals surface area contributed by atoms with Crippen LogP contribution in [0, 0.1) is 5.92 Å². The largest absolute Gasteiger partial charge is 0.508 e. The average molecular weight is 397 g/mol. The number of phenolic OH excluding ortho intramolecular Hbond substituents is 1. The molecular formula is C22H21ClN2O3. The van der Waals surface area contributed by atoms with E-state index in [9.17, 15) is 9.90 Å². The monoisotopic (exact) mass is 396 g/mol. The molecule has 1 saturated carbocycles. The summed E-state index contributed by atoms with van der Waals surface area (Å²) in [4.78, 5) is 18.2. The van der Waals surface area contributed by atoms with Crippen molar-refractivity contribution in [2.24, 2.45) is 5.92 Å². The average Bonchev–Trinajstić information content (AvgIpc) is 3.46. The van der Waals surface area contributed by atoms with Gasteiger partial charge in [-0.1, -0.05) is 23.7 Å². The van der Waals surface area contributed by atoms with Crippen molar-refractivity contribution in [1.82, 2.24) is 9.88 Å². The second-order valence-corrected chi connectivity index (χ2v) is 8.10. The molecule has 5 nitrogen and oxygen atoms in total. The van der Waals surface area contributed by atoms with Crippen molar-refractivity contribution in [2.45, 2.75) is 25.3 Å². The summed E-state index contributed by atoms with van der Waals surface area (Å²) < 4.78 is 5.59. The van der Waals surface area contributed by atoms with E-state index in [4.69, 9.17) is 16.3 Å². The van der Waals surface area contributed by atoms with Crippen molar-refractivity contribution in [3.63, 3.8) is 0 Å². The number of aromatic nitrogens is 1. The molecule has 1 amide bonds. The van der Waals surface area contributed by atoms with Crippen molar-refractivity contribution in [2.75, 3.05) is 13.2 Å². The first kappa shape index (κ1) is 17.4. The molecule has 3 aromatic rings. The van der Waals surface area contributed by atoms with Gasteiger partial charge in [0.15, 0.2) is 0 Å². The summed E-state index contributed by atoms with van der Waals surface area (Å²) in [6.07, 6.45) is 2.73. The molecule has 2 aliphatic rings. The van der Waals surface area contributed by atoms with E-state index in [1.807, 2.05) is 30.3 Å². The van der Waals surface area contributed by atoms with Gasteiger partial charge in [-0.05, 0) is 66.6 Å². The van der Waals surface area contributed by atoms with Crippen molar-refractivity contribution in [3.8, 4) is 5.75 Å². The molecule has 1 aliphatic carbocycles. The Morgan fingerprint density at radius 2 is 2.00 bits per heavy atom. The molecule has 6 heteroatoms. The summed E-state index contributed by atoms with van der Waals surface area (Å²) in [5.41, 5.74) is 4.10. The highest BCUT2D eigenvalue weighted by Crippen LogP contribution is 2.40. The molecule has 144 valence electrons. The number of hydrogen-bond acceptors (Lipinski definition) is 3. The van der Waals surface area contributed by atoms with Crippen LogP contribution in [0.3, 0.4) is 0 Å². The minimum atomic E-state index is -0.290. The Kier molecular flexibility index (Phi) is 4.20. The fraction of sp³-hybridized carbons (Fsp3) is 0.318. The number of nitrogens with zero attached hydrogens (tertiary/aromatic N) is 1. The Morgan fingerprint density at radius 3 is 2.75 bits per heavy atom. The van der Waals surface area contributed by atoms with Crippen LogP contribution in [0.1, 0.15) is 35.7 Å². The van der Waals surface area contributed by atoms with E-state index in [0.717, 1.165) is 41.4 Å². The Bertz CT molecular complexity index is 1040.